The van der Waals surface area contributed by atoms with Crippen LogP contribution in [0.1, 0.15) is 18.0 Å². The van der Waals surface area contributed by atoms with Crippen molar-refractivity contribution < 1.29 is 14.3 Å². The van der Waals surface area contributed by atoms with Gasteiger partial charge >= 0.3 is 0 Å². The van der Waals surface area contributed by atoms with Gasteiger partial charge in [0.25, 0.3) is 0 Å². The van der Waals surface area contributed by atoms with Gasteiger partial charge in [-0.1, -0.05) is 6.07 Å². The number of carbonyl (C=O) groups is 1. The Morgan fingerprint density at radius 1 is 1.33 bits per heavy atom. The fourth-order valence-corrected chi connectivity index (χ4v) is 2.33. The molecule has 1 saturated heterocycles. The summed E-state index contributed by atoms with van der Waals surface area (Å²) >= 11 is 0. The van der Waals surface area contributed by atoms with E-state index in [0.29, 0.717) is 5.75 Å². The summed E-state index contributed by atoms with van der Waals surface area (Å²) < 4.78 is 10.6. The minimum Gasteiger partial charge on any atom is -0.454 e. The topological polar surface area (TPSA) is 50.8 Å². The van der Waals surface area contributed by atoms with Gasteiger partial charge in [-0.05, 0) is 30.7 Å². The number of nitrogens with one attached hydrogen (secondary N) is 1. The molecular weight excluding hydrogens is 232 g/mol. The summed E-state index contributed by atoms with van der Waals surface area (Å²) in [5, 5.41) is 3.28. The average molecular weight is 248 g/mol. The molecule has 1 aromatic rings. The van der Waals surface area contributed by atoms with Gasteiger partial charge in [-0.25, -0.2) is 0 Å². The zero-order chi connectivity index (χ0) is 12.5. The third-order valence-electron chi connectivity index (χ3n) is 3.37. The number of nitrogens with zero attached hydrogens (tertiary/aromatic N) is 1. The van der Waals surface area contributed by atoms with Crippen molar-refractivity contribution in [2.24, 2.45) is 0 Å². The SMILES string of the molecule is CN1CCCNC(c2ccc3c(c2)OCO3)C1=O. The molecule has 2 aliphatic rings. The van der Waals surface area contributed by atoms with Gasteiger partial charge in [-0.3, -0.25) is 4.79 Å². The van der Waals surface area contributed by atoms with Crippen LogP contribution in [0.2, 0.25) is 0 Å². The molecule has 18 heavy (non-hydrogen) atoms. The average Bonchev–Trinajstić information content (AvgIpc) is 2.78. The van der Waals surface area contributed by atoms with Crippen molar-refractivity contribution in [3.05, 3.63) is 23.8 Å². The van der Waals surface area contributed by atoms with E-state index in [1.165, 1.54) is 0 Å². The van der Waals surface area contributed by atoms with Crippen LogP contribution in [-0.2, 0) is 4.79 Å². The van der Waals surface area contributed by atoms with Gasteiger partial charge in [-0.2, -0.15) is 0 Å². The van der Waals surface area contributed by atoms with E-state index in [1.807, 2.05) is 25.2 Å². The highest BCUT2D eigenvalue weighted by molar-refractivity contribution is 5.83. The molecule has 0 bridgehead atoms. The molecule has 0 aliphatic carbocycles. The first-order valence-electron chi connectivity index (χ1n) is 6.13. The van der Waals surface area contributed by atoms with Gasteiger partial charge in [0.15, 0.2) is 11.5 Å². The Hall–Kier alpha value is -1.75. The number of likely N-dealkylation sites (N-methyl/N-ethyl adjacent to an activating group) is 1. The minimum absolute atomic E-state index is 0.103. The molecule has 1 N–H and O–H groups in total. The molecular formula is C13H16N2O3. The van der Waals surface area contributed by atoms with E-state index in [-0.39, 0.29) is 18.7 Å². The van der Waals surface area contributed by atoms with Crippen LogP contribution in [0.4, 0.5) is 0 Å². The van der Waals surface area contributed by atoms with Crippen LogP contribution >= 0.6 is 0 Å². The van der Waals surface area contributed by atoms with Gasteiger partial charge in [0, 0.05) is 13.6 Å². The number of ether oxygens (including phenoxy) is 2. The summed E-state index contributed by atoms with van der Waals surface area (Å²) in [6, 6.07) is 5.38. The van der Waals surface area contributed by atoms with Crippen molar-refractivity contribution in [2.75, 3.05) is 26.9 Å². The summed E-state index contributed by atoms with van der Waals surface area (Å²) in [6.07, 6.45) is 0.975. The third-order valence-corrected chi connectivity index (χ3v) is 3.37. The van der Waals surface area contributed by atoms with Crippen LogP contribution in [0.25, 0.3) is 0 Å². The second kappa shape index (κ2) is 4.49. The summed E-state index contributed by atoms with van der Waals surface area (Å²) in [4.78, 5) is 14.0. The van der Waals surface area contributed by atoms with E-state index in [9.17, 15) is 4.79 Å². The van der Waals surface area contributed by atoms with Crippen molar-refractivity contribution >= 4 is 5.91 Å². The number of hydrogen-bond donors (Lipinski definition) is 1. The van der Waals surface area contributed by atoms with Gasteiger partial charge in [-0.15, -0.1) is 0 Å². The van der Waals surface area contributed by atoms with Crippen molar-refractivity contribution in [3.8, 4) is 11.5 Å². The number of rotatable bonds is 1. The molecule has 1 amide bonds. The number of carbonyl (C=O) groups excluding carboxylic acids is 1. The molecule has 96 valence electrons. The highest BCUT2D eigenvalue weighted by atomic mass is 16.7. The number of hydrogen-bond acceptors (Lipinski definition) is 4. The summed E-state index contributed by atoms with van der Waals surface area (Å²) in [6.45, 7) is 1.90. The summed E-state index contributed by atoms with van der Waals surface area (Å²) in [5.41, 5.74) is 0.929. The first-order valence-corrected chi connectivity index (χ1v) is 6.13. The Bertz CT molecular complexity index is 475. The zero-order valence-electron chi connectivity index (χ0n) is 10.3. The number of amides is 1. The fraction of sp³-hybridized carbons (Fsp3) is 0.462. The molecule has 1 atom stereocenters. The molecule has 1 unspecified atom stereocenters. The first kappa shape index (κ1) is 11.3. The van der Waals surface area contributed by atoms with Gasteiger partial charge < -0.3 is 19.7 Å². The normalized spacial score (nSPS) is 23.1. The number of fused-ring (bicyclic) bond motifs is 1. The molecule has 0 saturated carbocycles. The van der Waals surface area contributed by atoms with Crippen molar-refractivity contribution in [1.82, 2.24) is 10.2 Å². The van der Waals surface area contributed by atoms with Gasteiger partial charge in [0.2, 0.25) is 12.7 Å². The van der Waals surface area contributed by atoms with E-state index in [1.54, 1.807) is 4.90 Å². The molecule has 0 spiro atoms. The summed E-state index contributed by atoms with van der Waals surface area (Å²) in [5.74, 6) is 1.56. The monoisotopic (exact) mass is 248 g/mol. The number of benzene rings is 1. The Balaban J connectivity index is 1.91. The summed E-state index contributed by atoms with van der Waals surface area (Å²) in [7, 11) is 1.84. The Kier molecular flexibility index (Phi) is 2.83. The Morgan fingerprint density at radius 3 is 3.06 bits per heavy atom. The maximum atomic E-state index is 12.2. The Labute approximate surface area is 106 Å². The van der Waals surface area contributed by atoms with Crippen LogP contribution < -0.4 is 14.8 Å². The fourth-order valence-electron chi connectivity index (χ4n) is 2.33. The van der Waals surface area contributed by atoms with Gasteiger partial charge in [0.1, 0.15) is 6.04 Å². The van der Waals surface area contributed by atoms with Crippen LogP contribution in [0.15, 0.2) is 18.2 Å². The van der Waals surface area contributed by atoms with Crippen LogP contribution in [-0.4, -0.2) is 37.7 Å². The molecule has 0 aromatic heterocycles. The first-order chi connectivity index (χ1) is 8.75. The molecule has 5 heteroatoms. The van der Waals surface area contributed by atoms with E-state index < -0.39 is 0 Å². The second-order valence-electron chi connectivity index (χ2n) is 4.61. The molecule has 1 aromatic carbocycles. The third kappa shape index (κ3) is 1.90. The van der Waals surface area contributed by atoms with Crippen molar-refractivity contribution in [2.45, 2.75) is 12.5 Å². The van der Waals surface area contributed by atoms with E-state index >= 15 is 0 Å². The lowest BCUT2D eigenvalue weighted by molar-refractivity contribution is -0.131. The smallest absolute Gasteiger partial charge is 0.244 e. The molecule has 0 radical (unpaired) electrons. The molecule has 1 fully saturated rings. The van der Waals surface area contributed by atoms with Crippen LogP contribution in [0.3, 0.4) is 0 Å². The maximum Gasteiger partial charge on any atom is 0.244 e. The molecule has 3 rings (SSSR count). The predicted molar refractivity (Wildman–Crippen MR) is 65.6 cm³/mol. The molecule has 2 aliphatic heterocycles. The van der Waals surface area contributed by atoms with Crippen molar-refractivity contribution in [3.63, 3.8) is 0 Å². The largest absolute Gasteiger partial charge is 0.454 e. The standard InChI is InChI=1S/C13H16N2O3/c1-15-6-2-5-14-12(13(15)16)9-3-4-10-11(7-9)18-8-17-10/h3-4,7,12,14H,2,5-6,8H2,1H3. The second-order valence-corrected chi connectivity index (χ2v) is 4.61. The zero-order valence-corrected chi connectivity index (χ0v) is 10.3. The lowest BCUT2D eigenvalue weighted by atomic mass is 10.1. The van der Waals surface area contributed by atoms with Crippen LogP contribution in [0.5, 0.6) is 11.5 Å². The predicted octanol–water partition coefficient (Wildman–Crippen LogP) is 0.908. The van der Waals surface area contributed by atoms with Gasteiger partial charge in [0.05, 0.1) is 0 Å². The Morgan fingerprint density at radius 2 is 2.17 bits per heavy atom. The van der Waals surface area contributed by atoms with E-state index in [0.717, 1.165) is 30.8 Å². The van der Waals surface area contributed by atoms with Crippen molar-refractivity contribution in [1.29, 1.82) is 0 Å². The van der Waals surface area contributed by atoms with E-state index in [2.05, 4.69) is 5.32 Å². The lowest BCUT2D eigenvalue weighted by Crippen LogP contribution is -2.35. The minimum atomic E-state index is -0.285. The molecule has 5 nitrogen and oxygen atoms in total. The lowest BCUT2D eigenvalue weighted by Gasteiger charge is -2.20. The maximum absolute atomic E-state index is 12.2. The van der Waals surface area contributed by atoms with Crippen LogP contribution in [0, 0.1) is 0 Å². The molecule has 2 heterocycles. The highest BCUT2D eigenvalue weighted by Crippen LogP contribution is 2.34. The highest BCUT2D eigenvalue weighted by Gasteiger charge is 2.27. The quantitative estimate of drug-likeness (QED) is 0.802. The van der Waals surface area contributed by atoms with E-state index in [4.69, 9.17) is 9.47 Å².